The highest BCUT2D eigenvalue weighted by Crippen LogP contribution is 2.34. The number of hydrogen-bond donors (Lipinski definition) is 1. The topological polar surface area (TPSA) is 29.5 Å². The summed E-state index contributed by atoms with van der Waals surface area (Å²) in [5.74, 6) is 0.944. The van der Waals surface area contributed by atoms with Gasteiger partial charge in [0.15, 0.2) is 0 Å². The molecule has 2 aromatic rings. The Morgan fingerprint density at radius 1 is 1.25 bits per heavy atom. The van der Waals surface area contributed by atoms with E-state index in [-0.39, 0.29) is 6.10 Å². The van der Waals surface area contributed by atoms with E-state index in [1.807, 2.05) is 37.3 Å². The number of hydrogen-bond acceptors (Lipinski definition) is 2. The molecule has 0 aromatic heterocycles. The average molecular weight is 333 g/mol. The molecule has 3 rings (SSSR count). The van der Waals surface area contributed by atoms with Crippen LogP contribution in [0.1, 0.15) is 35.3 Å². The van der Waals surface area contributed by atoms with Crippen LogP contribution in [0.4, 0.5) is 0 Å². The highest BCUT2D eigenvalue weighted by atomic mass is 79.9. The fraction of sp³-hybridized carbons (Fsp3) is 0.294. The number of ether oxygens (including phenoxy) is 1. The molecule has 0 amide bonds. The Morgan fingerprint density at radius 3 is 2.85 bits per heavy atom. The second-order valence-electron chi connectivity index (χ2n) is 5.40. The lowest BCUT2D eigenvalue weighted by molar-refractivity contribution is 0.219. The van der Waals surface area contributed by atoms with Gasteiger partial charge in [0.05, 0.1) is 0 Å². The summed E-state index contributed by atoms with van der Waals surface area (Å²) >= 11 is 3.46. The first-order valence-electron chi connectivity index (χ1n) is 6.78. The number of benzene rings is 2. The van der Waals surface area contributed by atoms with Gasteiger partial charge in [-0.05, 0) is 60.4 Å². The van der Waals surface area contributed by atoms with Crippen molar-refractivity contribution in [1.29, 1.82) is 0 Å². The van der Waals surface area contributed by atoms with Gasteiger partial charge in [-0.25, -0.2) is 0 Å². The molecule has 1 N–H and O–H groups in total. The molecule has 1 heterocycles. The lowest BCUT2D eigenvalue weighted by Crippen LogP contribution is -2.05. The zero-order valence-corrected chi connectivity index (χ0v) is 13.1. The second-order valence-corrected chi connectivity index (χ2v) is 6.32. The molecule has 1 aliphatic rings. The quantitative estimate of drug-likeness (QED) is 0.894. The molecule has 0 aliphatic carbocycles. The molecule has 0 saturated heterocycles. The molecule has 3 heteroatoms. The monoisotopic (exact) mass is 332 g/mol. The molecule has 20 heavy (non-hydrogen) atoms. The zero-order valence-electron chi connectivity index (χ0n) is 11.6. The van der Waals surface area contributed by atoms with Crippen molar-refractivity contribution in [2.24, 2.45) is 0 Å². The van der Waals surface area contributed by atoms with E-state index in [1.165, 1.54) is 5.56 Å². The minimum absolute atomic E-state index is 0.227. The molecule has 1 aliphatic heterocycles. The van der Waals surface area contributed by atoms with Crippen LogP contribution < -0.4 is 4.74 Å². The van der Waals surface area contributed by atoms with Gasteiger partial charge in [-0.15, -0.1) is 0 Å². The van der Waals surface area contributed by atoms with Crippen LogP contribution in [0.15, 0.2) is 40.9 Å². The maximum Gasteiger partial charge on any atom is 0.123 e. The lowest BCUT2D eigenvalue weighted by Gasteiger charge is -2.15. The number of halogens is 1. The Kier molecular flexibility index (Phi) is 3.57. The predicted octanol–water partition coefficient (Wildman–Crippen LogP) is 4.16. The molecule has 0 radical (unpaired) electrons. The summed E-state index contributed by atoms with van der Waals surface area (Å²) in [5.41, 5.74) is 4.13. The Balaban J connectivity index is 1.97. The van der Waals surface area contributed by atoms with Crippen molar-refractivity contribution in [3.63, 3.8) is 0 Å². The van der Waals surface area contributed by atoms with E-state index in [0.717, 1.165) is 33.3 Å². The van der Waals surface area contributed by atoms with Crippen LogP contribution >= 0.6 is 15.9 Å². The summed E-state index contributed by atoms with van der Waals surface area (Å²) < 4.78 is 6.68. The first kappa shape index (κ1) is 13.7. The number of fused-ring (bicyclic) bond motifs is 1. The Labute approximate surface area is 127 Å². The van der Waals surface area contributed by atoms with Gasteiger partial charge < -0.3 is 9.84 Å². The summed E-state index contributed by atoms with van der Waals surface area (Å²) in [4.78, 5) is 0. The maximum atomic E-state index is 10.6. The Morgan fingerprint density at radius 2 is 2.05 bits per heavy atom. The molecule has 2 atom stereocenters. The van der Waals surface area contributed by atoms with Gasteiger partial charge in [-0.1, -0.05) is 28.1 Å². The number of aryl methyl sites for hydroxylation is 1. The molecule has 2 nitrogen and oxygen atoms in total. The molecule has 2 aromatic carbocycles. The van der Waals surface area contributed by atoms with Gasteiger partial charge in [-0.3, -0.25) is 0 Å². The van der Waals surface area contributed by atoms with Crippen molar-refractivity contribution < 1.29 is 9.84 Å². The van der Waals surface area contributed by atoms with Crippen molar-refractivity contribution in [3.8, 4) is 5.75 Å². The Hall–Kier alpha value is -1.32. The smallest absolute Gasteiger partial charge is 0.123 e. The van der Waals surface area contributed by atoms with Crippen LogP contribution in [0.25, 0.3) is 0 Å². The molecule has 0 fully saturated rings. The summed E-state index contributed by atoms with van der Waals surface area (Å²) in [6.07, 6.45) is 0.534. The van der Waals surface area contributed by atoms with Crippen LogP contribution in [-0.2, 0) is 6.42 Å². The third-order valence-electron chi connectivity index (χ3n) is 3.77. The summed E-state index contributed by atoms with van der Waals surface area (Å²) in [6.45, 7) is 4.08. The fourth-order valence-electron chi connectivity index (χ4n) is 2.70. The van der Waals surface area contributed by atoms with Crippen molar-refractivity contribution in [1.82, 2.24) is 0 Å². The van der Waals surface area contributed by atoms with Crippen molar-refractivity contribution in [2.45, 2.75) is 32.5 Å². The van der Waals surface area contributed by atoms with E-state index < -0.39 is 6.10 Å². The van der Waals surface area contributed by atoms with E-state index in [4.69, 9.17) is 4.74 Å². The average Bonchev–Trinajstić information content (AvgIpc) is 2.79. The summed E-state index contributed by atoms with van der Waals surface area (Å²) in [6, 6.07) is 12.0. The lowest BCUT2D eigenvalue weighted by atomic mass is 9.95. The van der Waals surface area contributed by atoms with Crippen LogP contribution in [0.5, 0.6) is 5.75 Å². The van der Waals surface area contributed by atoms with Crippen LogP contribution in [0.2, 0.25) is 0 Å². The molecule has 2 unspecified atom stereocenters. The maximum absolute atomic E-state index is 10.6. The summed E-state index contributed by atoms with van der Waals surface area (Å²) in [5, 5.41) is 10.6. The van der Waals surface area contributed by atoms with Crippen LogP contribution in [0.3, 0.4) is 0 Å². The van der Waals surface area contributed by atoms with E-state index in [2.05, 4.69) is 28.9 Å². The van der Waals surface area contributed by atoms with Gasteiger partial charge in [-0.2, -0.15) is 0 Å². The van der Waals surface area contributed by atoms with E-state index in [9.17, 15) is 5.11 Å². The fourth-order valence-corrected chi connectivity index (χ4v) is 3.08. The molecule has 0 spiro atoms. The Bertz CT molecular complexity index is 651. The molecule has 0 saturated carbocycles. The van der Waals surface area contributed by atoms with Gasteiger partial charge in [0.1, 0.15) is 18.0 Å². The third-order valence-corrected chi connectivity index (χ3v) is 4.26. The standard InChI is InChI=1S/C17H17BrO2/c1-10-3-5-14(18)9-15(10)17(19)12-4-6-16-13(8-12)7-11(2)20-16/h3-6,8-9,11,17,19H,7H2,1-2H3. The van der Waals surface area contributed by atoms with Crippen LogP contribution in [-0.4, -0.2) is 11.2 Å². The second kappa shape index (κ2) is 5.23. The van der Waals surface area contributed by atoms with Crippen molar-refractivity contribution in [3.05, 3.63) is 63.1 Å². The van der Waals surface area contributed by atoms with E-state index in [1.54, 1.807) is 0 Å². The largest absolute Gasteiger partial charge is 0.490 e. The third kappa shape index (κ3) is 2.48. The minimum atomic E-state index is -0.603. The van der Waals surface area contributed by atoms with E-state index in [0.29, 0.717) is 0 Å². The van der Waals surface area contributed by atoms with Crippen molar-refractivity contribution in [2.75, 3.05) is 0 Å². The molecule has 104 valence electrons. The van der Waals surface area contributed by atoms with Crippen molar-refractivity contribution >= 4 is 15.9 Å². The molecular formula is C17H17BrO2. The highest BCUT2D eigenvalue weighted by molar-refractivity contribution is 9.10. The predicted molar refractivity (Wildman–Crippen MR) is 83.2 cm³/mol. The minimum Gasteiger partial charge on any atom is -0.490 e. The SMILES string of the molecule is Cc1ccc(Br)cc1C(O)c1ccc2c(c1)CC(C)O2. The number of aliphatic hydroxyl groups is 1. The number of aliphatic hydroxyl groups excluding tert-OH is 1. The van der Waals surface area contributed by atoms with Gasteiger partial charge in [0.25, 0.3) is 0 Å². The van der Waals surface area contributed by atoms with Gasteiger partial charge in [0, 0.05) is 10.9 Å². The first-order valence-corrected chi connectivity index (χ1v) is 7.57. The van der Waals surface area contributed by atoms with E-state index >= 15 is 0 Å². The molecule has 0 bridgehead atoms. The van der Waals surface area contributed by atoms with Gasteiger partial charge in [0.2, 0.25) is 0 Å². The first-order chi connectivity index (χ1) is 9.54. The zero-order chi connectivity index (χ0) is 14.3. The molecular weight excluding hydrogens is 316 g/mol. The number of rotatable bonds is 2. The summed E-state index contributed by atoms with van der Waals surface area (Å²) in [7, 11) is 0. The normalized spacial score (nSPS) is 18.5. The van der Waals surface area contributed by atoms with Crippen LogP contribution in [0, 0.1) is 6.92 Å². The highest BCUT2D eigenvalue weighted by Gasteiger charge is 2.21. The van der Waals surface area contributed by atoms with Gasteiger partial charge >= 0.3 is 0 Å².